The van der Waals surface area contributed by atoms with Crippen molar-refractivity contribution in [1.29, 1.82) is 0 Å². The monoisotopic (exact) mass is 519 g/mol. The molecule has 1 aromatic carbocycles. The summed E-state index contributed by atoms with van der Waals surface area (Å²) in [5, 5.41) is 2.85. The largest absolute Gasteiger partial charge is 0.491 e. The van der Waals surface area contributed by atoms with Crippen molar-refractivity contribution in [2.24, 2.45) is 5.73 Å². The van der Waals surface area contributed by atoms with Gasteiger partial charge in [-0.1, -0.05) is 11.8 Å². The number of aromatic nitrogens is 2. The fourth-order valence-electron chi connectivity index (χ4n) is 3.77. The van der Waals surface area contributed by atoms with Gasteiger partial charge in [0.15, 0.2) is 22.3 Å². The molecule has 1 amide bonds. The number of amides is 1. The molecule has 3 rings (SSSR count). The lowest BCUT2D eigenvalue weighted by Gasteiger charge is -2.31. The van der Waals surface area contributed by atoms with Crippen LogP contribution in [0.4, 0.5) is 27.6 Å². The number of nitrogens with zero attached hydrogens (tertiary/aromatic N) is 3. The summed E-state index contributed by atoms with van der Waals surface area (Å²) in [5.74, 6) is -4.21. The van der Waals surface area contributed by atoms with Crippen LogP contribution < -0.4 is 20.7 Å². The van der Waals surface area contributed by atoms with Crippen molar-refractivity contribution in [2.75, 3.05) is 31.9 Å². The fourth-order valence-corrected chi connectivity index (χ4v) is 4.12. The second-order valence-electron chi connectivity index (χ2n) is 7.46. The predicted octanol–water partition coefficient (Wildman–Crippen LogP) is 3.09. The van der Waals surface area contributed by atoms with Gasteiger partial charge in [0, 0.05) is 25.9 Å². The molecule has 2 aromatic rings. The molecule has 0 saturated carbocycles. The Kier molecular flexibility index (Phi) is 7.74. The van der Waals surface area contributed by atoms with Crippen LogP contribution in [0.15, 0.2) is 35.8 Å². The Hall–Kier alpha value is -3.13. The molecule has 2 atom stereocenters. The van der Waals surface area contributed by atoms with E-state index in [0.717, 1.165) is 37.5 Å². The molecule has 2 unspecified atom stereocenters. The highest BCUT2D eigenvalue weighted by Crippen LogP contribution is 2.47. The van der Waals surface area contributed by atoms with Gasteiger partial charge in [-0.25, -0.2) is 14.4 Å². The summed E-state index contributed by atoms with van der Waals surface area (Å²) in [7, 11) is 1.90. The quantitative estimate of drug-likeness (QED) is 0.327. The lowest BCUT2D eigenvalue weighted by molar-refractivity contribution is -0.261. The maximum absolute atomic E-state index is 14.4. The summed E-state index contributed by atoms with van der Waals surface area (Å²) in [5.41, 5.74) is 2.88. The Labute approximate surface area is 201 Å². The summed E-state index contributed by atoms with van der Waals surface area (Å²) >= 11 is 1.23. The van der Waals surface area contributed by atoms with Gasteiger partial charge >= 0.3 is 6.18 Å². The maximum Gasteiger partial charge on any atom is 0.419 e. The molecule has 14 heteroatoms. The Morgan fingerprint density at radius 2 is 2.03 bits per heavy atom. The molecule has 1 aromatic heterocycles. The van der Waals surface area contributed by atoms with Crippen molar-refractivity contribution in [3.8, 4) is 5.75 Å². The lowest BCUT2D eigenvalue weighted by atomic mass is 9.99. The molecule has 2 heterocycles. The average molecular weight is 519 g/mol. The zero-order valence-electron chi connectivity index (χ0n) is 18.8. The molecular weight excluding hydrogens is 497 g/mol. The van der Waals surface area contributed by atoms with Gasteiger partial charge in [-0.05, 0) is 24.5 Å². The first kappa shape index (κ1) is 26.5. The first-order valence-electron chi connectivity index (χ1n) is 10.0. The number of carbonyl (C=O) groups is 1. The molecule has 1 saturated heterocycles. The van der Waals surface area contributed by atoms with Gasteiger partial charge in [0.1, 0.15) is 6.04 Å². The van der Waals surface area contributed by atoms with Crippen LogP contribution in [0, 0.1) is 11.6 Å². The molecule has 0 bridgehead atoms. The van der Waals surface area contributed by atoms with E-state index in [2.05, 4.69) is 15.3 Å². The fraction of sp³-hybridized carbons (Fsp3) is 0.381. The van der Waals surface area contributed by atoms with E-state index in [-0.39, 0.29) is 17.1 Å². The number of methoxy groups -OCH3 is 2. The van der Waals surface area contributed by atoms with Crippen LogP contribution in [0.2, 0.25) is 0 Å². The van der Waals surface area contributed by atoms with Crippen molar-refractivity contribution < 1.29 is 36.2 Å². The zero-order chi connectivity index (χ0) is 26.0. The number of nitrogens with one attached hydrogen (secondary N) is 1. The van der Waals surface area contributed by atoms with Crippen molar-refractivity contribution >= 4 is 29.1 Å². The predicted molar refractivity (Wildman–Crippen MR) is 119 cm³/mol. The number of benzene rings is 1. The Bertz CT molecular complexity index is 1130. The van der Waals surface area contributed by atoms with Crippen LogP contribution in [0.5, 0.6) is 5.75 Å². The highest BCUT2D eigenvalue weighted by Gasteiger charge is 2.63. The third-order valence-corrected chi connectivity index (χ3v) is 6.16. The number of nitrogens with two attached hydrogens (primary N) is 1. The molecule has 1 aliphatic rings. The summed E-state index contributed by atoms with van der Waals surface area (Å²) in [4.78, 5) is 22.5. The second-order valence-corrected chi connectivity index (χ2v) is 8.23. The van der Waals surface area contributed by atoms with Gasteiger partial charge in [-0.3, -0.25) is 4.79 Å². The van der Waals surface area contributed by atoms with Crippen LogP contribution in [0.25, 0.3) is 5.70 Å². The summed E-state index contributed by atoms with van der Waals surface area (Å²) < 4.78 is 80.1. The van der Waals surface area contributed by atoms with Gasteiger partial charge in [-0.15, -0.1) is 0 Å². The first-order valence-corrected chi connectivity index (χ1v) is 11.2. The Morgan fingerprint density at radius 1 is 1.31 bits per heavy atom. The van der Waals surface area contributed by atoms with Gasteiger partial charge in [0.25, 0.3) is 0 Å². The van der Waals surface area contributed by atoms with E-state index in [0.29, 0.717) is 5.16 Å². The number of hydrogen-bond acceptors (Lipinski definition) is 8. The van der Waals surface area contributed by atoms with E-state index in [9.17, 15) is 26.7 Å². The topological polar surface area (TPSA) is 103 Å². The Morgan fingerprint density at radius 3 is 2.60 bits per heavy atom. The van der Waals surface area contributed by atoms with E-state index in [1.807, 2.05) is 0 Å². The van der Waals surface area contributed by atoms with E-state index in [4.69, 9.17) is 15.2 Å². The number of ether oxygens (including phenoxy) is 2. The number of alkyl halides is 3. The molecule has 1 aliphatic heterocycles. The average Bonchev–Trinajstić information content (AvgIpc) is 3.25. The van der Waals surface area contributed by atoms with Crippen molar-refractivity contribution in [1.82, 2.24) is 15.3 Å². The molecule has 0 radical (unpaired) electrons. The summed E-state index contributed by atoms with van der Waals surface area (Å²) in [6, 6.07) is 1.71. The normalized spacial score (nSPS) is 20.7. The van der Waals surface area contributed by atoms with E-state index >= 15 is 0 Å². The first-order chi connectivity index (χ1) is 16.5. The molecular formula is C21H22F5N5O3S. The third kappa shape index (κ3) is 4.98. The number of halogens is 5. The van der Waals surface area contributed by atoms with Gasteiger partial charge in [0.2, 0.25) is 11.7 Å². The van der Waals surface area contributed by atoms with Crippen LogP contribution >= 0.6 is 11.8 Å². The minimum Gasteiger partial charge on any atom is -0.491 e. The minimum atomic E-state index is -4.88. The van der Waals surface area contributed by atoms with Crippen LogP contribution in [0.1, 0.15) is 12.1 Å². The SMILES string of the molecule is COc1c(N2CC(OC)(C(F)(F)F)CC2C(=O)N/C(=C/N)c2ccnc(SC)n2)ccc(F)c1F. The molecule has 190 valence electrons. The molecule has 8 nitrogen and oxygen atoms in total. The smallest absolute Gasteiger partial charge is 0.419 e. The minimum absolute atomic E-state index is 0.0202. The highest BCUT2D eigenvalue weighted by molar-refractivity contribution is 7.98. The standard InChI is InChI=1S/C21H22F5N5O3S/c1-33-17-14(5-4-11(22)16(17)23)31-10-20(34-2,21(24,25)26)8-15(31)18(32)29-13(9-27)12-6-7-28-19(30-12)35-3/h4-7,9,15H,8,10,27H2,1-3H3,(H,29,32)/b13-9+. The van der Waals surface area contributed by atoms with Gasteiger partial charge < -0.3 is 25.4 Å². The lowest BCUT2D eigenvalue weighted by Crippen LogP contribution is -2.49. The zero-order valence-corrected chi connectivity index (χ0v) is 19.6. The highest BCUT2D eigenvalue weighted by atomic mass is 32.2. The number of hydrogen-bond donors (Lipinski definition) is 2. The second kappa shape index (κ2) is 10.2. The van der Waals surface area contributed by atoms with Crippen LogP contribution in [0.3, 0.4) is 0 Å². The van der Waals surface area contributed by atoms with Crippen molar-refractivity contribution in [2.45, 2.75) is 29.4 Å². The number of rotatable bonds is 7. The number of carbonyl (C=O) groups excluding carboxylic acids is 1. The van der Waals surface area contributed by atoms with Gasteiger partial charge in [-0.2, -0.15) is 17.6 Å². The molecule has 1 fully saturated rings. The molecule has 3 N–H and O–H groups in total. The van der Waals surface area contributed by atoms with E-state index in [1.165, 1.54) is 24.0 Å². The van der Waals surface area contributed by atoms with E-state index < -0.39 is 54.1 Å². The van der Waals surface area contributed by atoms with Crippen LogP contribution in [-0.2, 0) is 9.53 Å². The van der Waals surface area contributed by atoms with Crippen molar-refractivity contribution in [3.63, 3.8) is 0 Å². The van der Waals surface area contributed by atoms with Crippen molar-refractivity contribution in [3.05, 3.63) is 47.9 Å². The number of anilines is 1. The molecule has 35 heavy (non-hydrogen) atoms. The third-order valence-electron chi connectivity index (χ3n) is 5.59. The van der Waals surface area contributed by atoms with Crippen LogP contribution in [-0.4, -0.2) is 60.7 Å². The molecule has 0 spiro atoms. The molecule has 0 aliphatic carbocycles. The Balaban J connectivity index is 2.04. The summed E-state index contributed by atoms with van der Waals surface area (Å²) in [6.07, 6.45) is -1.52. The van der Waals surface area contributed by atoms with E-state index in [1.54, 1.807) is 6.26 Å². The summed E-state index contributed by atoms with van der Waals surface area (Å²) in [6.45, 7) is -0.877. The van der Waals surface area contributed by atoms with Gasteiger partial charge in [0.05, 0.1) is 30.7 Å². The maximum atomic E-state index is 14.4. The number of thioether (sulfide) groups is 1.